The molecule has 0 spiro atoms. The Labute approximate surface area is 213 Å². The van der Waals surface area contributed by atoms with Crippen molar-refractivity contribution in [3.05, 3.63) is 46.8 Å². The molecule has 194 valence electrons. The average molecular weight is 536 g/mol. The predicted octanol–water partition coefficient (Wildman–Crippen LogP) is 2.87. The largest absolute Gasteiger partial charge is 0.454 e. The van der Waals surface area contributed by atoms with Gasteiger partial charge in [0.15, 0.2) is 16.3 Å². The van der Waals surface area contributed by atoms with E-state index in [2.05, 4.69) is 11.9 Å². The van der Waals surface area contributed by atoms with Gasteiger partial charge in [-0.05, 0) is 30.7 Å². The van der Waals surface area contributed by atoms with Gasteiger partial charge in [0.25, 0.3) is 5.91 Å². The smallest absolute Gasteiger partial charge is 0.279 e. The Bertz CT molecular complexity index is 1390. The molecule has 0 fully saturated rings. The van der Waals surface area contributed by atoms with E-state index in [0.717, 1.165) is 16.6 Å². The van der Waals surface area contributed by atoms with E-state index in [1.807, 2.05) is 16.7 Å². The van der Waals surface area contributed by atoms with Crippen molar-refractivity contribution in [3.8, 4) is 11.5 Å². The molecule has 1 aliphatic rings. The lowest BCUT2D eigenvalue weighted by molar-refractivity contribution is 0.0997. The quantitative estimate of drug-likeness (QED) is 0.371. The topological polar surface area (TPSA) is 109 Å². The number of rotatable bonds is 11. The fourth-order valence-corrected chi connectivity index (χ4v) is 6.27. The molecule has 12 heteroatoms. The maximum Gasteiger partial charge on any atom is 0.279 e. The summed E-state index contributed by atoms with van der Waals surface area (Å²) in [6.45, 7) is 3.83. The number of aryl methyl sites for hydroxylation is 1. The van der Waals surface area contributed by atoms with E-state index in [-0.39, 0.29) is 38.0 Å². The van der Waals surface area contributed by atoms with Crippen LogP contribution in [-0.4, -0.2) is 70.5 Å². The number of hydrogen-bond acceptors (Lipinski definition) is 8. The average Bonchev–Trinajstić information content (AvgIpc) is 3.46. The Morgan fingerprint density at radius 3 is 2.33 bits per heavy atom. The third-order valence-corrected chi connectivity index (χ3v) is 8.60. The summed E-state index contributed by atoms with van der Waals surface area (Å²) in [5.74, 6) is 0.892. The van der Waals surface area contributed by atoms with Crippen LogP contribution in [-0.2, 0) is 26.0 Å². The first-order chi connectivity index (χ1) is 17.4. The summed E-state index contributed by atoms with van der Waals surface area (Å²) >= 11 is 1.39. The maximum absolute atomic E-state index is 13.1. The van der Waals surface area contributed by atoms with Crippen molar-refractivity contribution in [2.75, 3.05) is 47.3 Å². The Kier molecular flexibility index (Phi) is 8.42. The van der Waals surface area contributed by atoms with Gasteiger partial charge in [0.05, 0.1) is 28.3 Å². The monoisotopic (exact) mass is 535 g/mol. The number of benzene rings is 2. The molecular formula is C24H29N3O7S2. The van der Waals surface area contributed by atoms with Crippen molar-refractivity contribution in [1.82, 2.24) is 8.87 Å². The summed E-state index contributed by atoms with van der Waals surface area (Å²) in [4.78, 5) is 18.0. The number of carbonyl (C=O) groups is 1. The highest BCUT2D eigenvalue weighted by Crippen LogP contribution is 2.37. The van der Waals surface area contributed by atoms with Crippen molar-refractivity contribution in [1.29, 1.82) is 0 Å². The normalized spacial score (nSPS) is 13.7. The third-order valence-electron chi connectivity index (χ3n) is 5.65. The van der Waals surface area contributed by atoms with E-state index in [1.54, 1.807) is 0 Å². The highest BCUT2D eigenvalue weighted by Gasteiger charge is 2.24. The van der Waals surface area contributed by atoms with Gasteiger partial charge < -0.3 is 23.5 Å². The molecule has 1 aromatic heterocycles. The molecule has 0 radical (unpaired) electrons. The number of aromatic nitrogens is 1. The molecule has 0 unspecified atom stereocenters. The lowest BCUT2D eigenvalue weighted by Crippen LogP contribution is -2.36. The van der Waals surface area contributed by atoms with Gasteiger partial charge in [0, 0.05) is 51.6 Å². The van der Waals surface area contributed by atoms with Crippen LogP contribution in [0.15, 0.2) is 46.3 Å². The van der Waals surface area contributed by atoms with E-state index in [1.165, 1.54) is 54.1 Å². The number of carbonyl (C=O) groups excluding carboxylic acids is 1. The van der Waals surface area contributed by atoms with E-state index < -0.39 is 15.9 Å². The van der Waals surface area contributed by atoms with Gasteiger partial charge in [-0.15, -0.1) is 0 Å². The summed E-state index contributed by atoms with van der Waals surface area (Å²) in [5, 5.41) is 0. The van der Waals surface area contributed by atoms with E-state index in [4.69, 9.17) is 18.9 Å². The van der Waals surface area contributed by atoms with Crippen LogP contribution in [0.3, 0.4) is 0 Å². The van der Waals surface area contributed by atoms with Crippen molar-refractivity contribution < 1.29 is 32.2 Å². The first-order valence-corrected chi connectivity index (χ1v) is 13.7. The lowest BCUT2D eigenvalue weighted by atomic mass is 10.2. The molecular weight excluding hydrogens is 506 g/mol. The molecule has 3 aromatic rings. The van der Waals surface area contributed by atoms with Crippen molar-refractivity contribution in [2.45, 2.75) is 24.8 Å². The minimum atomic E-state index is -3.78. The van der Waals surface area contributed by atoms with Gasteiger partial charge in [-0.25, -0.2) is 8.42 Å². The number of thiazole rings is 1. The molecule has 0 aliphatic carbocycles. The predicted molar refractivity (Wildman–Crippen MR) is 135 cm³/mol. The van der Waals surface area contributed by atoms with Gasteiger partial charge in [-0.2, -0.15) is 9.30 Å². The summed E-state index contributed by atoms with van der Waals surface area (Å²) in [7, 11) is -0.750. The second-order valence-corrected chi connectivity index (χ2v) is 11.0. The summed E-state index contributed by atoms with van der Waals surface area (Å²) in [6.07, 6.45) is 0.858. The first kappa shape index (κ1) is 26.3. The number of fused-ring (bicyclic) bond motifs is 2. The number of methoxy groups -OCH3 is 2. The van der Waals surface area contributed by atoms with Crippen LogP contribution < -0.4 is 14.3 Å². The molecule has 0 saturated heterocycles. The van der Waals surface area contributed by atoms with E-state index in [0.29, 0.717) is 28.4 Å². The van der Waals surface area contributed by atoms with E-state index >= 15 is 0 Å². The molecule has 1 aliphatic heterocycles. The number of nitrogens with zero attached hydrogens (tertiary/aromatic N) is 3. The van der Waals surface area contributed by atoms with Crippen LogP contribution >= 0.6 is 11.3 Å². The van der Waals surface area contributed by atoms with Crippen LogP contribution in [0, 0.1) is 0 Å². The zero-order valence-corrected chi connectivity index (χ0v) is 22.1. The molecule has 4 rings (SSSR count). The standard InChI is InChI=1S/C24H29N3O7S2/c1-4-9-27-19-14-20-21(34-16-33-20)15-22(19)35-24(27)25-23(28)17-5-7-18(8-6-17)36(29,30)26(10-12-31-2)11-13-32-3/h5-8,14-15H,4,9-13,16H2,1-3H3. The van der Waals surface area contributed by atoms with Crippen LogP contribution in [0.5, 0.6) is 11.5 Å². The number of hydrogen-bond donors (Lipinski definition) is 0. The van der Waals surface area contributed by atoms with Crippen LogP contribution in [0.25, 0.3) is 10.2 Å². The van der Waals surface area contributed by atoms with Gasteiger partial charge in [-0.3, -0.25) is 4.79 Å². The molecule has 0 N–H and O–H groups in total. The van der Waals surface area contributed by atoms with Gasteiger partial charge in [-0.1, -0.05) is 18.3 Å². The Hall–Kier alpha value is -2.77. The van der Waals surface area contributed by atoms with Crippen LogP contribution in [0.2, 0.25) is 0 Å². The zero-order chi connectivity index (χ0) is 25.7. The summed E-state index contributed by atoms with van der Waals surface area (Å²) < 4.78 is 51.5. The molecule has 2 aromatic carbocycles. The van der Waals surface area contributed by atoms with E-state index in [9.17, 15) is 13.2 Å². The van der Waals surface area contributed by atoms with Gasteiger partial charge >= 0.3 is 0 Å². The Morgan fingerprint density at radius 1 is 1.08 bits per heavy atom. The molecule has 0 bridgehead atoms. The fourth-order valence-electron chi connectivity index (χ4n) is 3.79. The van der Waals surface area contributed by atoms with Crippen molar-refractivity contribution in [2.24, 2.45) is 4.99 Å². The highest BCUT2D eigenvalue weighted by molar-refractivity contribution is 7.89. The first-order valence-electron chi connectivity index (χ1n) is 11.5. The van der Waals surface area contributed by atoms with Crippen LogP contribution in [0.4, 0.5) is 0 Å². The molecule has 2 heterocycles. The maximum atomic E-state index is 13.1. The molecule has 0 saturated carbocycles. The Morgan fingerprint density at radius 2 is 1.72 bits per heavy atom. The minimum Gasteiger partial charge on any atom is -0.454 e. The molecule has 10 nitrogen and oxygen atoms in total. The molecule has 0 atom stereocenters. The second-order valence-electron chi connectivity index (χ2n) is 8.04. The molecule has 1 amide bonds. The summed E-state index contributed by atoms with van der Waals surface area (Å²) in [5.41, 5.74) is 1.22. The van der Waals surface area contributed by atoms with Gasteiger partial charge in [0.2, 0.25) is 16.8 Å². The van der Waals surface area contributed by atoms with Crippen molar-refractivity contribution in [3.63, 3.8) is 0 Å². The minimum absolute atomic E-state index is 0.0867. The fraction of sp³-hybridized carbons (Fsp3) is 0.417. The lowest BCUT2D eigenvalue weighted by Gasteiger charge is -2.21. The SMILES string of the molecule is CCCn1c(=NC(=O)c2ccc(S(=O)(=O)N(CCOC)CCOC)cc2)sc2cc3c(cc21)OCO3. The highest BCUT2D eigenvalue weighted by atomic mass is 32.2. The third kappa shape index (κ3) is 5.47. The summed E-state index contributed by atoms with van der Waals surface area (Å²) in [6, 6.07) is 9.63. The second kappa shape index (κ2) is 11.5. The van der Waals surface area contributed by atoms with Gasteiger partial charge in [0.1, 0.15) is 0 Å². The Balaban J connectivity index is 1.62. The van der Waals surface area contributed by atoms with Crippen LogP contribution in [0.1, 0.15) is 23.7 Å². The van der Waals surface area contributed by atoms with Crippen molar-refractivity contribution >= 4 is 37.5 Å². The number of amides is 1. The zero-order valence-electron chi connectivity index (χ0n) is 20.4. The number of sulfonamides is 1. The molecule has 36 heavy (non-hydrogen) atoms. The number of ether oxygens (including phenoxy) is 4.